The number of hydrogen-bond donors (Lipinski definition) is 2. The van der Waals surface area contributed by atoms with Gasteiger partial charge in [-0.3, -0.25) is 4.79 Å². The smallest absolute Gasteiger partial charge is 0.261 e. The zero-order valence-corrected chi connectivity index (χ0v) is 11.1. The summed E-state index contributed by atoms with van der Waals surface area (Å²) in [6, 6.07) is 9.84. The van der Waals surface area contributed by atoms with Gasteiger partial charge in [-0.05, 0) is 35.1 Å². The van der Waals surface area contributed by atoms with E-state index in [4.69, 9.17) is 5.73 Å². The minimum absolute atomic E-state index is 0.0191. The van der Waals surface area contributed by atoms with Gasteiger partial charge in [0.15, 0.2) is 0 Å². The molecule has 0 spiro atoms. The molecule has 18 heavy (non-hydrogen) atoms. The van der Waals surface area contributed by atoms with Gasteiger partial charge in [-0.15, -0.1) is 11.3 Å². The van der Waals surface area contributed by atoms with Crippen LogP contribution in [0.1, 0.15) is 26.4 Å². The van der Waals surface area contributed by atoms with E-state index in [1.54, 1.807) is 0 Å². The topological polar surface area (TPSA) is 55.1 Å². The third kappa shape index (κ3) is 2.78. The maximum Gasteiger partial charge on any atom is 0.261 e. The molecule has 0 radical (unpaired) electrons. The lowest BCUT2D eigenvalue weighted by Crippen LogP contribution is -2.23. The summed E-state index contributed by atoms with van der Waals surface area (Å²) in [6.45, 7) is 2.95. The number of hydrogen-bond acceptors (Lipinski definition) is 3. The first-order valence-corrected chi connectivity index (χ1v) is 6.69. The van der Waals surface area contributed by atoms with Crippen LogP contribution < -0.4 is 11.1 Å². The number of thiophene rings is 1. The minimum atomic E-state index is -0.0191. The lowest BCUT2D eigenvalue weighted by atomic mass is 10.1. The van der Waals surface area contributed by atoms with Crippen molar-refractivity contribution in [3.63, 3.8) is 0 Å². The van der Waals surface area contributed by atoms with Gasteiger partial charge in [0.05, 0.1) is 4.88 Å². The standard InChI is InChI=1S/C14H16N2OS/c1-10-6-7-18-13(10)14(17)16-9-12-5-3-2-4-11(12)8-15/h2-7H,8-9,15H2,1H3,(H,16,17). The van der Waals surface area contributed by atoms with Gasteiger partial charge >= 0.3 is 0 Å². The number of rotatable bonds is 4. The first kappa shape index (κ1) is 12.8. The van der Waals surface area contributed by atoms with E-state index < -0.39 is 0 Å². The molecule has 1 heterocycles. The molecule has 0 aliphatic carbocycles. The molecule has 0 atom stereocenters. The molecule has 0 bridgehead atoms. The van der Waals surface area contributed by atoms with Gasteiger partial charge in [0.25, 0.3) is 5.91 Å². The Kier molecular flexibility index (Phi) is 4.12. The van der Waals surface area contributed by atoms with E-state index in [-0.39, 0.29) is 5.91 Å². The van der Waals surface area contributed by atoms with Crippen molar-refractivity contribution in [1.29, 1.82) is 0 Å². The van der Waals surface area contributed by atoms with Crippen molar-refractivity contribution in [1.82, 2.24) is 5.32 Å². The van der Waals surface area contributed by atoms with Gasteiger partial charge in [-0.25, -0.2) is 0 Å². The fraction of sp³-hybridized carbons (Fsp3) is 0.214. The van der Waals surface area contributed by atoms with Gasteiger partial charge in [-0.1, -0.05) is 24.3 Å². The van der Waals surface area contributed by atoms with Crippen LogP contribution in [0.4, 0.5) is 0 Å². The van der Waals surface area contributed by atoms with E-state index in [9.17, 15) is 4.79 Å². The summed E-state index contributed by atoms with van der Waals surface area (Å²) >= 11 is 1.47. The number of nitrogens with one attached hydrogen (secondary N) is 1. The van der Waals surface area contributed by atoms with Gasteiger partial charge in [-0.2, -0.15) is 0 Å². The molecule has 0 aliphatic rings. The van der Waals surface area contributed by atoms with Crippen molar-refractivity contribution in [2.75, 3.05) is 0 Å². The normalized spacial score (nSPS) is 10.3. The molecule has 2 rings (SSSR count). The second-order valence-electron chi connectivity index (χ2n) is 4.09. The van der Waals surface area contributed by atoms with Gasteiger partial charge < -0.3 is 11.1 Å². The summed E-state index contributed by atoms with van der Waals surface area (Å²) in [4.78, 5) is 12.7. The average Bonchev–Trinajstić information content (AvgIpc) is 2.82. The average molecular weight is 260 g/mol. The Morgan fingerprint density at radius 3 is 2.61 bits per heavy atom. The number of carbonyl (C=O) groups is 1. The van der Waals surface area contributed by atoms with Crippen LogP contribution in [0.15, 0.2) is 35.7 Å². The summed E-state index contributed by atoms with van der Waals surface area (Å²) in [5.74, 6) is -0.0191. The third-order valence-corrected chi connectivity index (χ3v) is 3.86. The van der Waals surface area contributed by atoms with Crippen molar-refractivity contribution in [3.05, 3.63) is 57.3 Å². The predicted molar refractivity (Wildman–Crippen MR) is 74.6 cm³/mol. The van der Waals surface area contributed by atoms with E-state index in [0.717, 1.165) is 21.6 Å². The zero-order valence-electron chi connectivity index (χ0n) is 10.3. The van der Waals surface area contributed by atoms with Crippen LogP contribution >= 0.6 is 11.3 Å². The quantitative estimate of drug-likeness (QED) is 0.887. The van der Waals surface area contributed by atoms with E-state index in [1.165, 1.54) is 11.3 Å². The van der Waals surface area contributed by atoms with Crippen LogP contribution in [0.5, 0.6) is 0 Å². The van der Waals surface area contributed by atoms with Crippen LogP contribution in [-0.2, 0) is 13.1 Å². The Bertz CT molecular complexity index is 548. The van der Waals surface area contributed by atoms with Crippen molar-refractivity contribution in [3.8, 4) is 0 Å². The molecule has 1 amide bonds. The summed E-state index contributed by atoms with van der Waals surface area (Å²) < 4.78 is 0. The number of carbonyl (C=O) groups excluding carboxylic acids is 1. The monoisotopic (exact) mass is 260 g/mol. The van der Waals surface area contributed by atoms with Crippen molar-refractivity contribution < 1.29 is 4.79 Å². The van der Waals surface area contributed by atoms with Crippen molar-refractivity contribution in [2.45, 2.75) is 20.0 Å². The predicted octanol–water partition coefficient (Wildman–Crippen LogP) is 2.45. The maximum absolute atomic E-state index is 12.0. The summed E-state index contributed by atoms with van der Waals surface area (Å²) in [6.07, 6.45) is 0. The van der Waals surface area contributed by atoms with E-state index in [2.05, 4.69) is 5.32 Å². The van der Waals surface area contributed by atoms with Gasteiger partial charge in [0.1, 0.15) is 0 Å². The highest BCUT2D eigenvalue weighted by atomic mass is 32.1. The minimum Gasteiger partial charge on any atom is -0.347 e. The molecule has 3 N–H and O–H groups in total. The number of amides is 1. The second-order valence-corrected chi connectivity index (χ2v) is 5.00. The van der Waals surface area contributed by atoms with Crippen molar-refractivity contribution in [2.24, 2.45) is 5.73 Å². The summed E-state index contributed by atoms with van der Waals surface area (Å²) in [5, 5.41) is 4.86. The highest BCUT2D eigenvalue weighted by Crippen LogP contribution is 2.15. The highest BCUT2D eigenvalue weighted by molar-refractivity contribution is 7.12. The Balaban J connectivity index is 2.04. The zero-order chi connectivity index (χ0) is 13.0. The molecule has 0 saturated carbocycles. The largest absolute Gasteiger partial charge is 0.347 e. The van der Waals surface area contributed by atoms with Crippen LogP contribution in [0.2, 0.25) is 0 Å². The first-order chi connectivity index (χ1) is 8.72. The Hall–Kier alpha value is -1.65. The maximum atomic E-state index is 12.0. The number of aryl methyl sites for hydroxylation is 1. The Labute approximate surface area is 111 Å². The molecule has 94 valence electrons. The van der Waals surface area contributed by atoms with Gasteiger partial charge in [0.2, 0.25) is 0 Å². The second kappa shape index (κ2) is 5.80. The lowest BCUT2D eigenvalue weighted by Gasteiger charge is -2.08. The van der Waals surface area contributed by atoms with Gasteiger partial charge in [0, 0.05) is 13.1 Å². The molecule has 0 aliphatic heterocycles. The molecular formula is C14H16N2OS. The summed E-state index contributed by atoms with van der Waals surface area (Å²) in [7, 11) is 0. The lowest BCUT2D eigenvalue weighted by molar-refractivity contribution is 0.0954. The molecule has 1 aromatic carbocycles. The van der Waals surface area contributed by atoms with Crippen LogP contribution in [0.3, 0.4) is 0 Å². The SMILES string of the molecule is Cc1ccsc1C(=O)NCc1ccccc1CN. The van der Waals surface area contributed by atoms with E-state index in [0.29, 0.717) is 13.1 Å². The first-order valence-electron chi connectivity index (χ1n) is 5.81. The molecule has 1 aromatic heterocycles. The number of nitrogens with two attached hydrogens (primary N) is 1. The molecule has 0 fully saturated rings. The molecular weight excluding hydrogens is 244 g/mol. The Morgan fingerprint density at radius 1 is 1.28 bits per heavy atom. The molecule has 0 unspecified atom stereocenters. The van der Waals surface area contributed by atoms with Crippen LogP contribution in [-0.4, -0.2) is 5.91 Å². The summed E-state index contributed by atoms with van der Waals surface area (Å²) in [5.41, 5.74) is 8.83. The Morgan fingerprint density at radius 2 is 2.00 bits per heavy atom. The molecule has 2 aromatic rings. The molecule has 4 heteroatoms. The fourth-order valence-electron chi connectivity index (χ4n) is 1.79. The van der Waals surface area contributed by atoms with E-state index in [1.807, 2.05) is 42.6 Å². The van der Waals surface area contributed by atoms with E-state index >= 15 is 0 Å². The van der Waals surface area contributed by atoms with Crippen LogP contribution in [0, 0.1) is 6.92 Å². The molecule has 0 saturated heterocycles. The fourth-order valence-corrected chi connectivity index (χ4v) is 2.63. The van der Waals surface area contributed by atoms with Crippen molar-refractivity contribution >= 4 is 17.2 Å². The third-order valence-electron chi connectivity index (χ3n) is 2.85. The van der Waals surface area contributed by atoms with Crippen LogP contribution in [0.25, 0.3) is 0 Å². The molecule has 3 nitrogen and oxygen atoms in total. The number of benzene rings is 1. The highest BCUT2D eigenvalue weighted by Gasteiger charge is 2.10.